The number of aryl methyl sites for hydroxylation is 1. The molecule has 0 saturated heterocycles. The number of aromatic nitrogens is 4. The maximum atomic E-state index is 5.82. The monoisotopic (exact) mass is 281 g/mol. The van der Waals surface area contributed by atoms with Crippen LogP contribution in [0.2, 0.25) is 0 Å². The quantitative estimate of drug-likeness (QED) is 0.799. The van der Waals surface area contributed by atoms with Gasteiger partial charge in [-0.2, -0.15) is 0 Å². The first-order valence-electron chi connectivity index (χ1n) is 7.54. The van der Waals surface area contributed by atoms with Crippen LogP contribution in [0.1, 0.15) is 30.1 Å². The summed E-state index contributed by atoms with van der Waals surface area (Å²) in [5.74, 6) is 2.19. The van der Waals surface area contributed by atoms with E-state index in [1.165, 1.54) is 29.3 Å². The summed E-state index contributed by atoms with van der Waals surface area (Å²) in [6, 6.07) is 8.44. The third-order valence-corrected chi connectivity index (χ3v) is 4.37. The molecule has 4 rings (SSSR count). The van der Waals surface area contributed by atoms with Crippen molar-refractivity contribution in [1.29, 1.82) is 0 Å². The maximum absolute atomic E-state index is 5.82. The molecule has 0 radical (unpaired) electrons. The Balaban J connectivity index is 1.73. The maximum Gasteiger partial charge on any atom is 0.153 e. The predicted octanol–water partition coefficient (Wildman–Crippen LogP) is 2.08. The highest BCUT2D eigenvalue weighted by atomic mass is 15.3. The number of hydrogen-bond donors (Lipinski definition) is 1. The number of fused-ring (bicyclic) bond motifs is 2. The van der Waals surface area contributed by atoms with E-state index in [9.17, 15) is 0 Å². The minimum atomic E-state index is 0.571. The van der Waals surface area contributed by atoms with Gasteiger partial charge in [-0.25, -0.2) is 0 Å². The van der Waals surface area contributed by atoms with Gasteiger partial charge in [0.25, 0.3) is 0 Å². The number of nitrogens with two attached hydrogens (primary N) is 1. The van der Waals surface area contributed by atoms with Gasteiger partial charge in [0.05, 0.1) is 6.54 Å². The van der Waals surface area contributed by atoms with Gasteiger partial charge in [-0.05, 0) is 30.5 Å². The standard InChI is InChI=1S/C16H19N5/c17-10-12-4-3-5-14-13(12)7-9-20(14)11-16-19-18-15-6-1-2-8-21(15)16/h3-5,7,9H,1-2,6,8,10-11,17H2. The summed E-state index contributed by atoms with van der Waals surface area (Å²) in [6.45, 7) is 2.39. The summed E-state index contributed by atoms with van der Waals surface area (Å²) >= 11 is 0. The van der Waals surface area contributed by atoms with E-state index < -0.39 is 0 Å². The summed E-state index contributed by atoms with van der Waals surface area (Å²) in [5.41, 5.74) is 8.22. The van der Waals surface area contributed by atoms with E-state index in [4.69, 9.17) is 5.73 Å². The Bertz CT molecular complexity index is 783. The Morgan fingerprint density at radius 1 is 1.14 bits per heavy atom. The van der Waals surface area contributed by atoms with Crippen molar-refractivity contribution in [3.8, 4) is 0 Å². The van der Waals surface area contributed by atoms with Gasteiger partial charge in [-0.1, -0.05) is 12.1 Å². The van der Waals surface area contributed by atoms with E-state index >= 15 is 0 Å². The van der Waals surface area contributed by atoms with Gasteiger partial charge in [0.2, 0.25) is 0 Å². The van der Waals surface area contributed by atoms with Crippen LogP contribution in [0.4, 0.5) is 0 Å². The second kappa shape index (κ2) is 5.00. The first-order chi connectivity index (χ1) is 10.4. The minimum Gasteiger partial charge on any atom is -0.340 e. The molecule has 21 heavy (non-hydrogen) atoms. The van der Waals surface area contributed by atoms with Gasteiger partial charge in [0, 0.05) is 36.6 Å². The van der Waals surface area contributed by atoms with Crippen molar-refractivity contribution >= 4 is 10.9 Å². The highest BCUT2D eigenvalue weighted by Gasteiger charge is 2.16. The van der Waals surface area contributed by atoms with Crippen LogP contribution in [0.25, 0.3) is 10.9 Å². The van der Waals surface area contributed by atoms with Crippen molar-refractivity contribution < 1.29 is 0 Å². The molecule has 1 aliphatic heterocycles. The van der Waals surface area contributed by atoms with Crippen LogP contribution >= 0.6 is 0 Å². The molecule has 0 amide bonds. The summed E-state index contributed by atoms with van der Waals surface area (Å²) in [7, 11) is 0. The SMILES string of the molecule is NCc1cccc2c1ccn2Cc1nnc2n1CCCC2. The first kappa shape index (κ1) is 12.6. The minimum absolute atomic E-state index is 0.571. The molecule has 1 aromatic carbocycles. The van der Waals surface area contributed by atoms with E-state index in [1.807, 2.05) is 0 Å². The van der Waals surface area contributed by atoms with Crippen molar-refractivity contribution in [1.82, 2.24) is 19.3 Å². The van der Waals surface area contributed by atoms with E-state index in [0.29, 0.717) is 6.54 Å². The number of benzene rings is 1. The molecule has 3 aromatic rings. The highest BCUT2D eigenvalue weighted by molar-refractivity contribution is 5.83. The Hall–Kier alpha value is -2.14. The third kappa shape index (κ3) is 2.05. The summed E-state index contributed by atoms with van der Waals surface area (Å²) in [5, 5.41) is 9.95. The number of nitrogens with zero attached hydrogens (tertiary/aromatic N) is 4. The van der Waals surface area contributed by atoms with Gasteiger partial charge in [0.1, 0.15) is 5.82 Å². The molecular formula is C16H19N5. The molecule has 0 atom stereocenters. The van der Waals surface area contributed by atoms with E-state index in [0.717, 1.165) is 31.2 Å². The molecule has 0 unspecified atom stereocenters. The fraction of sp³-hybridized carbons (Fsp3) is 0.375. The Kier molecular flexibility index (Phi) is 3.00. The third-order valence-electron chi connectivity index (χ3n) is 4.37. The Labute approximate surface area is 123 Å². The van der Waals surface area contributed by atoms with E-state index in [2.05, 4.69) is 49.8 Å². The summed E-state index contributed by atoms with van der Waals surface area (Å²) < 4.78 is 4.52. The van der Waals surface area contributed by atoms with E-state index in [1.54, 1.807) is 0 Å². The lowest BCUT2D eigenvalue weighted by molar-refractivity contribution is 0.503. The molecule has 5 nitrogen and oxygen atoms in total. The normalized spacial score (nSPS) is 14.5. The van der Waals surface area contributed by atoms with Crippen LogP contribution in [0.15, 0.2) is 30.5 Å². The molecule has 3 heterocycles. The molecule has 0 saturated carbocycles. The van der Waals surface area contributed by atoms with Crippen molar-refractivity contribution in [3.05, 3.63) is 47.7 Å². The Morgan fingerprint density at radius 3 is 3.00 bits per heavy atom. The van der Waals surface area contributed by atoms with Gasteiger partial charge in [-0.15, -0.1) is 10.2 Å². The van der Waals surface area contributed by atoms with Crippen LogP contribution in [0, 0.1) is 0 Å². The summed E-state index contributed by atoms with van der Waals surface area (Å²) in [6.07, 6.45) is 5.62. The summed E-state index contributed by atoms with van der Waals surface area (Å²) in [4.78, 5) is 0. The smallest absolute Gasteiger partial charge is 0.153 e. The van der Waals surface area contributed by atoms with Gasteiger partial charge in [-0.3, -0.25) is 0 Å². The van der Waals surface area contributed by atoms with E-state index in [-0.39, 0.29) is 0 Å². The topological polar surface area (TPSA) is 61.7 Å². The molecule has 1 aliphatic rings. The van der Waals surface area contributed by atoms with Gasteiger partial charge >= 0.3 is 0 Å². The Morgan fingerprint density at radius 2 is 2.10 bits per heavy atom. The average molecular weight is 281 g/mol. The second-order valence-corrected chi connectivity index (χ2v) is 5.64. The molecule has 0 aliphatic carbocycles. The molecule has 2 aromatic heterocycles. The fourth-order valence-electron chi connectivity index (χ4n) is 3.24. The molecule has 2 N–H and O–H groups in total. The largest absolute Gasteiger partial charge is 0.340 e. The molecule has 0 spiro atoms. The molecule has 0 bridgehead atoms. The van der Waals surface area contributed by atoms with Crippen molar-refractivity contribution in [2.75, 3.05) is 0 Å². The lowest BCUT2D eigenvalue weighted by Gasteiger charge is -2.15. The molecule has 108 valence electrons. The van der Waals surface area contributed by atoms with Crippen LogP contribution in [-0.2, 0) is 26.1 Å². The van der Waals surface area contributed by atoms with Gasteiger partial charge < -0.3 is 14.9 Å². The molecule has 0 fully saturated rings. The zero-order valence-corrected chi connectivity index (χ0v) is 12.0. The van der Waals surface area contributed by atoms with Crippen molar-refractivity contribution in [2.24, 2.45) is 5.73 Å². The highest BCUT2D eigenvalue weighted by Crippen LogP contribution is 2.22. The van der Waals surface area contributed by atoms with Crippen LogP contribution in [0.5, 0.6) is 0 Å². The second-order valence-electron chi connectivity index (χ2n) is 5.64. The van der Waals surface area contributed by atoms with Crippen molar-refractivity contribution in [3.63, 3.8) is 0 Å². The lowest BCUT2D eigenvalue weighted by Crippen LogP contribution is -2.15. The number of hydrogen-bond acceptors (Lipinski definition) is 3. The van der Waals surface area contributed by atoms with Crippen LogP contribution in [-0.4, -0.2) is 19.3 Å². The zero-order chi connectivity index (χ0) is 14.2. The molecular weight excluding hydrogens is 262 g/mol. The lowest BCUT2D eigenvalue weighted by atomic mass is 10.1. The molecule has 5 heteroatoms. The van der Waals surface area contributed by atoms with Crippen LogP contribution < -0.4 is 5.73 Å². The average Bonchev–Trinajstić information content (AvgIpc) is 3.13. The number of rotatable bonds is 3. The van der Waals surface area contributed by atoms with Gasteiger partial charge in [0.15, 0.2) is 5.82 Å². The fourth-order valence-corrected chi connectivity index (χ4v) is 3.24. The predicted molar refractivity (Wildman–Crippen MR) is 81.9 cm³/mol. The zero-order valence-electron chi connectivity index (χ0n) is 12.0. The van der Waals surface area contributed by atoms with Crippen molar-refractivity contribution in [2.45, 2.75) is 38.9 Å². The first-order valence-corrected chi connectivity index (χ1v) is 7.54. The van der Waals surface area contributed by atoms with Crippen LogP contribution in [0.3, 0.4) is 0 Å².